The fourth-order valence-electron chi connectivity index (χ4n) is 8.99. The van der Waals surface area contributed by atoms with Gasteiger partial charge in [-0.2, -0.15) is 0 Å². The van der Waals surface area contributed by atoms with Crippen LogP contribution in [0.4, 0.5) is 0 Å². The van der Waals surface area contributed by atoms with Crippen molar-refractivity contribution in [3.63, 3.8) is 0 Å². The Labute approximate surface area is 356 Å². The van der Waals surface area contributed by atoms with Gasteiger partial charge in [0.15, 0.2) is 17.5 Å². The van der Waals surface area contributed by atoms with Crippen molar-refractivity contribution < 1.29 is 0 Å². The van der Waals surface area contributed by atoms with E-state index in [0.717, 1.165) is 22.3 Å². The van der Waals surface area contributed by atoms with Crippen molar-refractivity contribution in [1.29, 1.82) is 0 Å². The molecular formula is C57H35N3S. The predicted molar refractivity (Wildman–Crippen MR) is 258 cm³/mol. The summed E-state index contributed by atoms with van der Waals surface area (Å²) in [6, 6.07) is 75.9. The number of aromatic nitrogens is 3. The van der Waals surface area contributed by atoms with E-state index in [2.05, 4.69) is 194 Å². The first kappa shape index (κ1) is 35.2. The fraction of sp³-hybridized carbons (Fsp3) is 0. The van der Waals surface area contributed by atoms with E-state index < -0.39 is 0 Å². The van der Waals surface area contributed by atoms with Gasteiger partial charge in [0, 0.05) is 36.9 Å². The summed E-state index contributed by atoms with van der Waals surface area (Å²) in [4.78, 5) is 15.3. The minimum absolute atomic E-state index is 0.647. The molecule has 0 atom stereocenters. The Morgan fingerprint density at radius 3 is 1.46 bits per heavy atom. The average molecular weight is 794 g/mol. The molecule has 61 heavy (non-hydrogen) atoms. The first-order chi connectivity index (χ1) is 30.2. The van der Waals surface area contributed by atoms with Gasteiger partial charge in [-0.1, -0.05) is 188 Å². The molecule has 0 fully saturated rings. The van der Waals surface area contributed by atoms with Crippen molar-refractivity contribution in [3.05, 3.63) is 212 Å². The highest BCUT2D eigenvalue weighted by atomic mass is 32.1. The second kappa shape index (κ2) is 14.5. The molecule has 284 valence electrons. The maximum Gasteiger partial charge on any atom is 0.165 e. The lowest BCUT2D eigenvalue weighted by Gasteiger charge is -2.15. The zero-order valence-electron chi connectivity index (χ0n) is 33.0. The molecule has 0 unspecified atom stereocenters. The first-order valence-corrected chi connectivity index (χ1v) is 21.4. The van der Waals surface area contributed by atoms with Gasteiger partial charge in [0.05, 0.1) is 0 Å². The van der Waals surface area contributed by atoms with E-state index in [0.29, 0.717) is 17.5 Å². The number of hydrogen-bond donors (Lipinski definition) is 0. The van der Waals surface area contributed by atoms with E-state index in [4.69, 9.17) is 15.0 Å². The SMILES string of the molecule is c1ccc(-c2nc(-c3ccc(-c4cc5ccc(-c6ccc(-c7ccccc7)c7ccccc67)cc5c5ccccc45)cc3)nc(-c3cccc4c3sc3ccccc34)n2)cc1. The van der Waals surface area contributed by atoms with Crippen molar-refractivity contribution in [2.75, 3.05) is 0 Å². The van der Waals surface area contributed by atoms with E-state index in [1.807, 2.05) is 18.2 Å². The monoisotopic (exact) mass is 793 g/mol. The van der Waals surface area contributed by atoms with E-state index in [1.54, 1.807) is 11.3 Å². The second-order valence-electron chi connectivity index (χ2n) is 15.5. The van der Waals surface area contributed by atoms with E-state index in [9.17, 15) is 0 Å². The molecule has 0 bridgehead atoms. The molecule has 0 aliphatic heterocycles. The van der Waals surface area contributed by atoms with Crippen LogP contribution in [0.5, 0.6) is 0 Å². The Kier molecular flexibility index (Phi) is 8.36. The Balaban J connectivity index is 0.952. The zero-order valence-corrected chi connectivity index (χ0v) is 33.8. The van der Waals surface area contributed by atoms with Crippen LogP contribution in [0.3, 0.4) is 0 Å². The standard InChI is InChI=1S/C57H35N3S/c1-3-14-36(15-4-1)42-32-33-43(45-19-8-7-18-44(42)45)40-30-31-41-35-51(46-20-9-10-21-47(46)52(41)34-40)37-26-28-39(29-27-37)56-58-55(38-16-5-2-6-17-38)59-57(60-56)50-24-13-23-49-48-22-11-12-25-53(48)61-54(49)50/h1-35H. The van der Waals surface area contributed by atoms with Crippen LogP contribution in [0.25, 0.3) is 120 Å². The van der Waals surface area contributed by atoms with Gasteiger partial charge in [-0.25, -0.2) is 15.0 Å². The van der Waals surface area contributed by atoms with Crippen LogP contribution in [-0.4, -0.2) is 15.0 Å². The first-order valence-electron chi connectivity index (χ1n) is 20.6. The van der Waals surface area contributed by atoms with Gasteiger partial charge in [-0.3, -0.25) is 0 Å². The molecular weight excluding hydrogens is 759 g/mol. The highest BCUT2D eigenvalue weighted by Crippen LogP contribution is 2.42. The van der Waals surface area contributed by atoms with E-state index >= 15 is 0 Å². The molecule has 2 aromatic heterocycles. The molecule has 10 aromatic carbocycles. The summed E-state index contributed by atoms with van der Waals surface area (Å²) < 4.78 is 2.43. The van der Waals surface area contributed by atoms with Gasteiger partial charge < -0.3 is 0 Å². The fourth-order valence-corrected chi connectivity index (χ4v) is 10.2. The zero-order chi connectivity index (χ0) is 40.3. The average Bonchev–Trinajstić information content (AvgIpc) is 3.73. The predicted octanol–water partition coefficient (Wildman–Crippen LogP) is 15.7. The molecule has 2 heterocycles. The van der Waals surface area contributed by atoms with Gasteiger partial charge in [0.25, 0.3) is 0 Å². The molecule has 0 saturated heterocycles. The quantitative estimate of drug-likeness (QED) is 0.157. The maximum atomic E-state index is 5.17. The van der Waals surface area contributed by atoms with Gasteiger partial charge in [0.1, 0.15) is 0 Å². The lowest BCUT2D eigenvalue weighted by molar-refractivity contribution is 1.08. The third-order valence-corrected chi connectivity index (χ3v) is 13.2. The van der Waals surface area contributed by atoms with E-state index in [1.165, 1.54) is 80.3 Å². The van der Waals surface area contributed by atoms with Crippen molar-refractivity contribution >= 4 is 63.8 Å². The molecule has 0 amide bonds. The van der Waals surface area contributed by atoms with Gasteiger partial charge >= 0.3 is 0 Å². The number of nitrogens with zero attached hydrogens (tertiary/aromatic N) is 3. The van der Waals surface area contributed by atoms with Crippen molar-refractivity contribution in [1.82, 2.24) is 15.0 Å². The largest absolute Gasteiger partial charge is 0.208 e. The van der Waals surface area contributed by atoms with Crippen LogP contribution < -0.4 is 0 Å². The Morgan fingerprint density at radius 1 is 0.262 bits per heavy atom. The summed E-state index contributed by atoms with van der Waals surface area (Å²) >= 11 is 1.79. The minimum Gasteiger partial charge on any atom is -0.208 e. The molecule has 0 radical (unpaired) electrons. The number of benzene rings is 10. The van der Waals surface area contributed by atoms with E-state index in [-0.39, 0.29) is 0 Å². The normalized spacial score (nSPS) is 11.6. The molecule has 0 aliphatic carbocycles. The summed E-state index contributed by atoms with van der Waals surface area (Å²) in [5.74, 6) is 1.97. The smallest absolute Gasteiger partial charge is 0.165 e. The molecule has 4 heteroatoms. The van der Waals surface area contributed by atoms with Gasteiger partial charge in [-0.15, -0.1) is 11.3 Å². The van der Waals surface area contributed by atoms with Crippen LogP contribution in [0.15, 0.2) is 212 Å². The highest BCUT2D eigenvalue weighted by Gasteiger charge is 2.18. The van der Waals surface area contributed by atoms with Crippen molar-refractivity contribution in [3.8, 4) is 67.5 Å². The number of rotatable bonds is 6. The van der Waals surface area contributed by atoms with Crippen molar-refractivity contribution in [2.24, 2.45) is 0 Å². The Morgan fingerprint density at radius 2 is 0.754 bits per heavy atom. The number of thiophene rings is 1. The number of hydrogen-bond acceptors (Lipinski definition) is 4. The molecule has 0 N–H and O–H groups in total. The molecule has 12 rings (SSSR count). The Hall–Kier alpha value is -7.79. The van der Waals surface area contributed by atoms with Crippen LogP contribution >= 0.6 is 11.3 Å². The van der Waals surface area contributed by atoms with Crippen LogP contribution in [0.2, 0.25) is 0 Å². The maximum absolute atomic E-state index is 5.17. The summed E-state index contributed by atoms with van der Waals surface area (Å²) in [7, 11) is 0. The van der Waals surface area contributed by atoms with Gasteiger partial charge in [-0.05, 0) is 90.0 Å². The Bertz CT molecular complexity index is 3630. The minimum atomic E-state index is 0.647. The molecule has 0 saturated carbocycles. The number of fused-ring (bicyclic) bond motifs is 7. The topological polar surface area (TPSA) is 38.7 Å². The molecule has 3 nitrogen and oxygen atoms in total. The highest BCUT2D eigenvalue weighted by molar-refractivity contribution is 7.26. The lowest BCUT2D eigenvalue weighted by atomic mass is 9.89. The van der Waals surface area contributed by atoms with Crippen LogP contribution in [0, 0.1) is 0 Å². The third-order valence-electron chi connectivity index (χ3n) is 11.9. The van der Waals surface area contributed by atoms with Crippen LogP contribution in [-0.2, 0) is 0 Å². The summed E-state index contributed by atoms with van der Waals surface area (Å²) in [6.07, 6.45) is 0. The third kappa shape index (κ3) is 6.07. The lowest BCUT2D eigenvalue weighted by Crippen LogP contribution is -2.00. The van der Waals surface area contributed by atoms with Crippen molar-refractivity contribution in [2.45, 2.75) is 0 Å². The summed E-state index contributed by atoms with van der Waals surface area (Å²) in [5, 5.41) is 9.87. The molecule has 0 aliphatic rings. The van der Waals surface area contributed by atoms with Crippen LogP contribution in [0.1, 0.15) is 0 Å². The summed E-state index contributed by atoms with van der Waals surface area (Å²) in [5.41, 5.74) is 10.2. The molecule has 12 aromatic rings. The van der Waals surface area contributed by atoms with Gasteiger partial charge in [0.2, 0.25) is 0 Å². The summed E-state index contributed by atoms with van der Waals surface area (Å²) in [6.45, 7) is 0. The molecule has 0 spiro atoms. The second-order valence-corrected chi connectivity index (χ2v) is 16.6.